The van der Waals surface area contributed by atoms with Crippen molar-refractivity contribution < 1.29 is 19.1 Å². The highest BCUT2D eigenvalue weighted by atomic mass is 16.5. The normalized spacial score (nSPS) is 10.4. The van der Waals surface area contributed by atoms with Gasteiger partial charge in [0.25, 0.3) is 5.91 Å². The summed E-state index contributed by atoms with van der Waals surface area (Å²) in [6.45, 7) is 4.53. The van der Waals surface area contributed by atoms with Crippen LogP contribution >= 0.6 is 0 Å². The van der Waals surface area contributed by atoms with Crippen LogP contribution in [-0.4, -0.2) is 39.1 Å². The zero-order valence-corrected chi connectivity index (χ0v) is 20.8. The number of ether oxygens (including phenoxy) is 2. The molecule has 0 saturated heterocycles. The molecule has 0 aromatic heterocycles. The number of aryl methyl sites for hydroxylation is 1. The highest BCUT2D eigenvalue weighted by molar-refractivity contribution is 6.05. The number of nitrogens with one attached hydrogen (secondary N) is 2. The maximum atomic E-state index is 12.7. The van der Waals surface area contributed by atoms with Gasteiger partial charge in [0.15, 0.2) is 0 Å². The van der Waals surface area contributed by atoms with Crippen molar-refractivity contribution in [3.63, 3.8) is 0 Å². The van der Waals surface area contributed by atoms with Gasteiger partial charge in [0.2, 0.25) is 5.91 Å². The van der Waals surface area contributed by atoms with E-state index in [1.54, 1.807) is 36.4 Å². The lowest BCUT2D eigenvalue weighted by Gasteiger charge is -2.18. The second kappa shape index (κ2) is 12.5. The van der Waals surface area contributed by atoms with E-state index >= 15 is 0 Å². The zero-order valence-electron chi connectivity index (χ0n) is 20.8. The molecule has 0 unspecified atom stereocenters. The molecule has 184 valence electrons. The quantitative estimate of drug-likeness (QED) is 0.390. The van der Waals surface area contributed by atoms with Gasteiger partial charge in [0.05, 0.1) is 24.6 Å². The molecule has 0 saturated carbocycles. The summed E-state index contributed by atoms with van der Waals surface area (Å²) in [6.07, 6.45) is 0.941. The van der Waals surface area contributed by atoms with Crippen molar-refractivity contribution in [2.24, 2.45) is 0 Å². The molecule has 2 amide bonds. The summed E-state index contributed by atoms with van der Waals surface area (Å²) in [5.41, 5.74) is 3.71. The van der Waals surface area contributed by atoms with Crippen LogP contribution in [0.4, 0.5) is 17.1 Å². The van der Waals surface area contributed by atoms with E-state index in [4.69, 9.17) is 9.47 Å². The highest BCUT2D eigenvalue weighted by Crippen LogP contribution is 2.37. The monoisotopic (exact) mass is 475 g/mol. The van der Waals surface area contributed by atoms with Gasteiger partial charge in [-0.2, -0.15) is 0 Å². The summed E-state index contributed by atoms with van der Waals surface area (Å²) in [5, 5.41) is 5.83. The average Bonchev–Trinajstić information content (AvgIpc) is 2.86. The average molecular weight is 476 g/mol. The summed E-state index contributed by atoms with van der Waals surface area (Å²) in [7, 11) is 3.99. The second-order valence-electron chi connectivity index (χ2n) is 8.14. The molecule has 0 fully saturated rings. The first kappa shape index (κ1) is 25.6. The molecule has 0 bridgehead atoms. The fourth-order valence-electron chi connectivity index (χ4n) is 3.52. The van der Waals surface area contributed by atoms with Gasteiger partial charge >= 0.3 is 0 Å². The molecule has 3 rings (SSSR count). The first-order chi connectivity index (χ1) is 16.9. The van der Waals surface area contributed by atoms with Gasteiger partial charge in [-0.05, 0) is 50.1 Å². The number of amides is 2. The van der Waals surface area contributed by atoms with Crippen LogP contribution in [0, 0.1) is 0 Å². The number of rotatable bonds is 11. The third kappa shape index (κ3) is 7.24. The summed E-state index contributed by atoms with van der Waals surface area (Å²) in [6, 6.07) is 20.5. The van der Waals surface area contributed by atoms with Crippen molar-refractivity contribution in [2.75, 3.05) is 42.8 Å². The molecule has 0 atom stereocenters. The van der Waals surface area contributed by atoms with Crippen LogP contribution in [0.15, 0.2) is 66.7 Å². The molecule has 7 heteroatoms. The van der Waals surface area contributed by atoms with Gasteiger partial charge in [-0.3, -0.25) is 9.59 Å². The molecule has 0 aliphatic heterocycles. The third-order valence-electron chi connectivity index (χ3n) is 5.33. The Kier molecular flexibility index (Phi) is 9.12. The van der Waals surface area contributed by atoms with Crippen molar-refractivity contribution in [3.8, 4) is 11.5 Å². The Labute approximate surface area is 207 Å². The highest BCUT2D eigenvalue weighted by Gasteiger charge is 2.17. The molecule has 3 aromatic carbocycles. The van der Waals surface area contributed by atoms with Gasteiger partial charge in [0, 0.05) is 43.9 Å². The Balaban J connectivity index is 1.75. The van der Waals surface area contributed by atoms with Gasteiger partial charge in [0.1, 0.15) is 11.5 Å². The molecule has 0 aliphatic carbocycles. The lowest BCUT2D eigenvalue weighted by molar-refractivity contribution is -0.116. The molecule has 0 spiro atoms. The summed E-state index contributed by atoms with van der Waals surface area (Å²) in [5.74, 6) is 0.523. The number of anilines is 3. The van der Waals surface area contributed by atoms with Gasteiger partial charge in [-0.15, -0.1) is 0 Å². The molecule has 0 heterocycles. The van der Waals surface area contributed by atoms with E-state index in [1.807, 2.05) is 63.2 Å². The van der Waals surface area contributed by atoms with Gasteiger partial charge < -0.3 is 25.0 Å². The molecule has 0 radical (unpaired) electrons. The smallest absolute Gasteiger partial charge is 0.255 e. The second-order valence-corrected chi connectivity index (χ2v) is 8.14. The van der Waals surface area contributed by atoms with Gasteiger partial charge in [-0.1, -0.05) is 30.3 Å². The van der Waals surface area contributed by atoms with Crippen molar-refractivity contribution in [3.05, 3.63) is 77.9 Å². The maximum Gasteiger partial charge on any atom is 0.255 e. The molecule has 3 aromatic rings. The number of nitrogens with zero attached hydrogens (tertiary/aromatic N) is 1. The SMILES string of the molecule is CCOc1cc(NC(=O)c2ccccc2)c(OCC)cc1NC(=O)CCc1ccc(N(C)C)cc1. The van der Waals surface area contributed by atoms with E-state index in [0.717, 1.165) is 11.3 Å². The topological polar surface area (TPSA) is 79.9 Å². The minimum Gasteiger partial charge on any atom is -0.492 e. The van der Waals surface area contributed by atoms with Crippen LogP contribution < -0.4 is 25.0 Å². The zero-order chi connectivity index (χ0) is 25.2. The Bertz CT molecular complexity index is 1130. The third-order valence-corrected chi connectivity index (χ3v) is 5.33. The van der Waals surface area contributed by atoms with Gasteiger partial charge in [-0.25, -0.2) is 0 Å². The number of carbonyl (C=O) groups excluding carboxylic acids is 2. The van der Waals surface area contributed by atoms with Crippen molar-refractivity contribution in [1.29, 1.82) is 0 Å². The van der Waals surface area contributed by atoms with E-state index in [0.29, 0.717) is 54.5 Å². The minimum absolute atomic E-state index is 0.133. The largest absolute Gasteiger partial charge is 0.492 e. The Morgan fingerprint density at radius 2 is 1.37 bits per heavy atom. The molecular weight excluding hydrogens is 442 g/mol. The number of benzene rings is 3. The van der Waals surface area contributed by atoms with Crippen LogP contribution in [0.1, 0.15) is 36.2 Å². The molecular formula is C28H33N3O4. The maximum absolute atomic E-state index is 12.7. The summed E-state index contributed by atoms with van der Waals surface area (Å²) in [4.78, 5) is 27.5. The van der Waals surface area contributed by atoms with Crippen molar-refractivity contribution in [2.45, 2.75) is 26.7 Å². The predicted molar refractivity (Wildman–Crippen MR) is 141 cm³/mol. The van der Waals surface area contributed by atoms with E-state index in [2.05, 4.69) is 10.6 Å². The standard InChI is InChI=1S/C28H33N3O4/c1-5-34-25-19-24(30-28(33)21-10-8-7-9-11-21)26(35-6-2)18-23(25)29-27(32)17-14-20-12-15-22(16-13-20)31(3)4/h7-13,15-16,18-19H,5-6,14,17H2,1-4H3,(H,29,32)(H,30,33). The van der Waals surface area contributed by atoms with Crippen molar-refractivity contribution >= 4 is 28.9 Å². The fourth-order valence-corrected chi connectivity index (χ4v) is 3.52. The van der Waals surface area contributed by atoms with Crippen LogP contribution in [0.2, 0.25) is 0 Å². The Morgan fingerprint density at radius 3 is 1.91 bits per heavy atom. The molecule has 7 nitrogen and oxygen atoms in total. The Morgan fingerprint density at radius 1 is 0.800 bits per heavy atom. The first-order valence-corrected chi connectivity index (χ1v) is 11.8. The number of hydrogen-bond acceptors (Lipinski definition) is 5. The van der Waals surface area contributed by atoms with E-state index in [-0.39, 0.29) is 11.8 Å². The number of hydrogen-bond donors (Lipinski definition) is 2. The molecule has 0 aliphatic rings. The fraction of sp³-hybridized carbons (Fsp3) is 0.286. The lowest BCUT2D eigenvalue weighted by Crippen LogP contribution is -2.16. The van der Waals surface area contributed by atoms with Crippen molar-refractivity contribution in [1.82, 2.24) is 0 Å². The van der Waals surface area contributed by atoms with Crippen LogP contribution in [0.25, 0.3) is 0 Å². The summed E-state index contributed by atoms with van der Waals surface area (Å²) >= 11 is 0. The van der Waals surface area contributed by atoms with E-state index in [9.17, 15) is 9.59 Å². The summed E-state index contributed by atoms with van der Waals surface area (Å²) < 4.78 is 11.5. The van der Waals surface area contributed by atoms with Crippen LogP contribution in [-0.2, 0) is 11.2 Å². The minimum atomic E-state index is -0.258. The first-order valence-electron chi connectivity index (χ1n) is 11.8. The Hall–Kier alpha value is -4.00. The van der Waals surface area contributed by atoms with Crippen LogP contribution in [0.3, 0.4) is 0 Å². The van der Waals surface area contributed by atoms with Crippen LogP contribution in [0.5, 0.6) is 11.5 Å². The van der Waals surface area contributed by atoms with E-state index < -0.39 is 0 Å². The number of carbonyl (C=O) groups is 2. The van der Waals surface area contributed by atoms with E-state index in [1.165, 1.54) is 0 Å². The molecule has 2 N–H and O–H groups in total. The molecule has 35 heavy (non-hydrogen) atoms. The predicted octanol–water partition coefficient (Wildman–Crippen LogP) is 5.37. The lowest BCUT2D eigenvalue weighted by atomic mass is 10.1.